The van der Waals surface area contributed by atoms with Crippen molar-refractivity contribution in [3.8, 4) is 28.3 Å². The van der Waals surface area contributed by atoms with Gasteiger partial charge >= 0.3 is 0 Å². The Kier molecular flexibility index (Phi) is 3.51. The molecule has 20 heavy (non-hydrogen) atoms. The number of phenolic OH excluding ortho intramolecular Hbond substituents is 1. The number of hydrogen-bond donors (Lipinski definition) is 2. The topological polar surface area (TPSA) is 48.9 Å². The molecule has 1 heterocycles. The van der Waals surface area contributed by atoms with Gasteiger partial charge in [0.25, 0.3) is 0 Å². The van der Waals surface area contributed by atoms with E-state index in [-0.39, 0.29) is 5.75 Å². The fourth-order valence-corrected chi connectivity index (χ4v) is 2.44. The first-order valence-corrected chi connectivity index (χ1v) is 7.11. The third-order valence-electron chi connectivity index (χ3n) is 2.97. The number of phenols is 1. The maximum atomic E-state index is 9.92. The van der Waals surface area contributed by atoms with Gasteiger partial charge < -0.3 is 5.11 Å². The van der Waals surface area contributed by atoms with Gasteiger partial charge in [0.15, 0.2) is 0 Å². The zero-order valence-electron chi connectivity index (χ0n) is 10.3. The molecule has 0 amide bonds. The number of aromatic nitrogens is 2. The molecule has 3 nitrogen and oxygen atoms in total. The van der Waals surface area contributed by atoms with E-state index in [1.54, 1.807) is 12.1 Å². The smallest absolute Gasteiger partial charge is 0.125 e. The second-order valence-electron chi connectivity index (χ2n) is 4.34. The molecule has 0 aliphatic carbocycles. The first-order valence-electron chi connectivity index (χ1n) is 5.94. The Morgan fingerprint density at radius 1 is 1.05 bits per heavy atom. The predicted molar refractivity (Wildman–Crippen MR) is 83.8 cm³/mol. The number of benzene rings is 2. The van der Waals surface area contributed by atoms with Crippen LogP contribution in [-0.4, -0.2) is 15.3 Å². The number of nitrogens with one attached hydrogen (secondary N) is 1. The summed E-state index contributed by atoms with van der Waals surface area (Å²) in [6.45, 7) is 0. The third-order valence-corrected chi connectivity index (χ3v) is 3.71. The number of nitrogens with zero attached hydrogens (tertiary/aromatic N) is 1. The van der Waals surface area contributed by atoms with Gasteiger partial charge in [0.2, 0.25) is 0 Å². The van der Waals surface area contributed by atoms with Crippen LogP contribution in [0.2, 0.25) is 5.02 Å². The second kappa shape index (κ2) is 5.31. The van der Waals surface area contributed by atoms with Crippen LogP contribution in [-0.2, 0) is 0 Å². The van der Waals surface area contributed by atoms with Crippen LogP contribution in [0, 0.1) is 0 Å². The van der Waals surface area contributed by atoms with E-state index >= 15 is 0 Å². The summed E-state index contributed by atoms with van der Waals surface area (Å²) in [5, 5.41) is 17.8. The molecule has 0 aliphatic rings. The lowest BCUT2D eigenvalue weighted by Gasteiger charge is -2.01. The van der Waals surface area contributed by atoms with Crippen molar-refractivity contribution >= 4 is 27.5 Å². The molecule has 2 N–H and O–H groups in total. The lowest BCUT2D eigenvalue weighted by atomic mass is 10.1. The van der Waals surface area contributed by atoms with E-state index in [1.165, 1.54) is 0 Å². The van der Waals surface area contributed by atoms with E-state index in [0.717, 1.165) is 21.4 Å². The fraction of sp³-hybridized carbons (Fsp3) is 0. The first kappa shape index (κ1) is 13.2. The van der Waals surface area contributed by atoms with Crippen LogP contribution in [0.15, 0.2) is 53.0 Å². The van der Waals surface area contributed by atoms with Gasteiger partial charge in [-0.1, -0.05) is 39.7 Å². The summed E-state index contributed by atoms with van der Waals surface area (Å²) in [5.41, 5.74) is 3.23. The molecule has 0 unspecified atom stereocenters. The fourth-order valence-electron chi connectivity index (χ4n) is 1.95. The average molecular weight is 350 g/mol. The molecule has 0 fully saturated rings. The number of rotatable bonds is 2. The van der Waals surface area contributed by atoms with Gasteiger partial charge in [0, 0.05) is 20.6 Å². The molecule has 100 valence electrons. The highest BCUT2D eigenvalue weighted by Crippen LogP contribution is 2.32. The molecular formula is C15H10BrClN2O. The van der Waals surface area contributed by atoms with Crippen LogP contribution in [0.5, 0.6) is 5.75 Å². The molecule has 1 aromatic heterocycles. The number of hydrogen-bond acceptors (Lipinski definition) is 2. The number of H-pyrrole nitrogens is 1. The first-order chi connectivity index (χ1) is 9.63. The minimum absolute atomic E-state index is 0.208. The van der Waals surface area contributed by atoms with Crippen LogP contribution in [0.25, 0.3) is 22.5 Å². The predicted octanol–water partition coefficient (Wildman–Crippen LogP) is 4.87. The maximum absolute atomic E-state index is 9.92. The molecule has 3 aromatic rings. The monoisotopic (exact) mass is 348 g/mol. The van der Waals surface area contributed by atoms with Crippen molar-refractivity contribution in [2.75, 3.05) is 0 Å². The van der Waals surface area contributed by atoms with Crippen LogP contribution in [0.1, 0.15) is 0 Å². The quantitative estimate of drug-likeness (QED) is 0.694. The van der Waals surface area contributed by atoms with Gasteiger partial charge in [0.1, 0.15) is 5.75 Å². The van der Waals surface area contributed by atoms with Crippen LogP contribution in [0.3, 0.4) is 0 Å². The van der Waals surface area contributed by atoms with E-state index < -0.39 is 0 Å². The molecule has 0 saturated heterocycles. The van der Waals surface area contributed by atoms with Crippen LogP contribution >= 0.6 is 27.5 Å². The molecule has 5 heteroatoms. The van der Waals surface area contributed by atoms with E-state index in [9.17, 15) is 5.11 Å². The number of aromatic amines is 1. The van der Waals surface area contributed by atoms with Crippen molar-refractivity contribution in [2.24, 2.45) is 0 Å². The molecule has 0 bridgehead atoms. The molecule has 0 spiro atoms. The summed E-state index contributed by atoms with van der Waals surface area (Å²) in [4.78, 5) is 0. The molecule has 0 atom stereocenters. The lowest BCUT2D eigenvalue weighted by molar-refractivity contribution is 0.477. The zero-order chi connectivity index (χ0) is 14.1. The van der Waals surface area contributed by atoms with Crippen molar-refractivity contribution < 1.29 is 5.11 Å². The Labute approximate surface area is 129 Å². The SMILES string of the molecule is Oc1ccc(Br)cc1-c1cc(-c2ccc(Cl)cc2)n[nH]1. The van der Waals surface area contributed by atoms with Crippen molar-refractivity contribution in [1.82, 2.24) is 10.2 Å². The second-order valence-corrected chi connectivity index (χ2v) is 5.69. The van der Waals surface area contributed by atoms with Crippen molar-refractivity contribution in [2.45, 2.75) is 0 Å². The lowest BCUT2D eigenvalue weighted by Crippen LogP contribution is -1.79. The van der Waals surface area contributed by atoms with E-state index in [4.69, 9.17) is 11.6 Å². The summed E-state index contributed by atoms with van der Waals surface area (Å²) in [7, 11) is 0. The minimum atomic E-state index is 0.208. The van der Waals surface area contributed by atoms with Crippen molar-refractivity contribution in [1.29, 1.82) is 0 Å². The van der Waals surface area contributed by atoms with Gasteiger partial charge in [-0.15, -0.1) is 0 Å². The van der Waals surface area contributed by atoms with Gasteiger partial charge in [-0.3, -0.25) is 5.10 Å². The van der Waals surface area contributed by atoms with Crippen LogP contribution in [0.4, 0.5) is 0 Å². The van der Waals surface area contributed by atoms with Gasteiger partial charge in [0.05, 0.1) is 11.4 Å². The number of halogens is 2. The summed E-state index contributed by atoms with van der Waals surface area (Å²) in [6.07, 6.45) is 0. The minimum Gasteiger partial charge on any atom is -0.507 e. The summed E-state index contributed by atoms with van der Waals surface area (Å²) in [6, 6.07) is 14.6. The van der Waals surface area contributed by atoms with E-state index in [1.807, 2.05) is 36.4 Å². The Balaban J connectivity index is 2.01. The van der Waals surface area contributed by atoms with Gasteiger partial charge in [-0.25, -0.2) is 0 Å². The Morgan fingerprint density at radius 3 is 2.55 bits per heavy atom. The highest BCUT2D eigenvalue weighted by molar-refractivity contribution is 9.10. The largest absolute Gasteiger partial charge is 0.507 e. The summed E-state index contributed by atoms with van der Waals surface area (Å²) >= 11 is 9.27. The maximum Gasteiger partial charge on any atom is 0.125 e. The Morgan fingerprint density at radius 2 is 1.80 bits per heavy atom. The third kappa shape index (κ3) is 2.57. The molecule has 0 radical (unpaired) electrons. The van der Waals surface area contributed by atoms with Gasteiger partial charge in [-0.05, 0) is 36.4 Å². The number of aromatic hydroxyl groups is 1. The Bertz CT molecular complexity index is 753. The van der Waals surface area contributed by atoms with E-state index in [2.05, 4.69) is 26.1 Å². The normalized spacial score (nSPS) is 10.7. The molecule has 0 aliphatic heterocycles. The van der Waals surface area contributed by atoms with Crippen molar-refractivity contribution in [3.05, 3.63) is 58.0 Å². The highest BCUT2D eigenvalue weighted by atomic mass is 79.9. The van der Waals surface area contributed by atoms with Crippen molar-refractivity contribution in [3.63, 3.8) is 0 Å². The van der Waals surface area contributed by atoms with Crippen LogP contribution < -0.4 is 0 Å². The standard InChI is InChI=1S/C15H10BrClN2O/c16-10-3-6-15(20)12(7-10)14-8-13(18-19-14)9-1-4-11(17)5-2-9/h1-8,20H,(H,18,19). The summed E-state index contributed by atoms with van der Waals surface area (Å²) < 4.78 is 0.896. The molecular weight excluding hydrogens is 340 g/mol. The van der Waals surface area contributed by atoms with Gasteiger partial charge in [-0.2, -0.15) is 5.10 Å². The molecule has 2 aromatic carbocycles. The summed E-state index contributed by atoms with van der Waals surface area (Å²) in [5.74, 6) is 0.208. The molecule has 3 rings (SSSR count). The zero-order valence-corrected chi connectivity index (χ0v) is 12.6. The molecule has 0 saturated carbocycles. The highest BCUT2D eigenvalue weighted by Gasteiger charge is 2.10. The Hall–Kier alpha value is -1.78. The average Bonchev–Trinajstić information content (AvgIpc) is 2.92. The van der Waals surface area contributed by atoms with E-state index in [0.29, 0.717) is 10.6 Å².